The second-order valence-electron chi connectivity index (χ2n) is 5.43. The van der Waals surface area contributed by atoms with Crippen molar-refractivity contribution in [2.75, 3.05) is 13.6 Å². The van der Waals surface area contributed by atoms with Gasteiger partial charge in [-0.25, -0.2) is 0 Å². The van der Waals surface area contributed by atoms with Crippen LogP contribution in [0.1, 0.15) is 28.2 Å². The van der Waals surface area contributed by atoms with Gasteiger partial charge in [0.1, 0.15) is 0 Å². The number of benzene rings is 2. The van der Waals surface area contributed by atoms with E-state index >= 15 is 0 Å². The monoisotopic (exact) mass is 271 g/mol. The van der Waals surface area contributed by atoms with Gasteiger partial charge in [0.2, 0.25) is 0 Å². The maximum absolute atomic E-state index is 6.58. The third-order valence-electron chi connectivity index (χ3n) is 3.95. The molecule has 2 aromatic carbocycles. The lowest BCUT2D eigenvalue weighted by molar-refractivity contribution is 0.295. The lowest BCUT2D eigenvalue weighted by atomic mass is 9.84. The van der Waals surface area contributed by atoms with E-state index in [0.29, 0.717) is 5.92 Å². The Morgan fingerprint density at radius 1 is 1.11 bits per heavy atom. The first-order chi connectivity index (χ1) is 9.16. The third kappa shape index (κ3) is 2.29. The maximum atomic E-state index is 6.58. The fraction of sp³-hybridized carbons (Fsp3) is 0.294. The summed E-state index contributed by atoms with van der Waals surface area (Å²) in [5.74, 6) is 0.377. The molecular weight excluding hydrogens is 254 g/mol. The molecule has 2 aromatic rings. The molecule has 1 aliphatic rings. The Hall–Kier alpha value is -1.31. The molecule has 0 saturated heterocycles. The van der Waals surface area contributed by atoms with Gasteiger partial charge in [0, 0.05) is 24.0 Å². The van der Waals surface area contributed by atoms with Crippen LogP contribution in [-0.4, -0.2) is 18.5 Å². The van der Waals surface area contributed by atoms with Crippen LogP contribution in [0.3, 0.4) is 0 Å². The highest BCUT2D eigenvalue weighted by molar-refractivity contribution is 6.32. The molecule has 0 aliphatic carbocycles. The molecule has 0 radical (unpaired) electrons. The van der Waals surface area contributed by atoms with Gasteiger partial charge in [0.05, 0.1) is 0 Å². The van der Waals surface area contributed by atoms with Crippen LogP contribution in [-0.2, 0) is 6.54 Å². The number of nitrogens with zero attached hydrogens (tertiary/aromatic N) is 1. The summed E-state index contributed by atoms with van der Waals surface area (Å²) >= 11 is 6.58. The van der Waals surface area contributed by atoms with E-state index in [9.17, 15) is 0 Å². The second-order valence-corrected chi connectivity index (χ2v) is 5.81. The summed E-state index contributed by atoms with van der Waals surface area (Å²) in [7, 11) is 2.17. The van der Waals surface area contributed by atoms with E-state index in [4.69, 9.17) is 11.6 Å². The highest BCUT2D eigenvalue weighted by Gasteiger charge is 2.27. The van der Waals surface area contributed by atoms with Crippen LogP contribution in [0, 0.1) is 6.92 Å². The standard InChI is InChI=1S/C17H18ClN/c1-12-8-9-14-10-19(2)11-15(16(14)17(12)18)13-6-4-3-5-7-13/h3-9,15H,10-11H2,1-2H3. The molecule has 0 fully saturated rings. The number of likely N-dealkylation sites (N-methyl/N-ethyl adjacent to an activating group) is 1. The zero-order valence-electron chi connectivity index (χ0n) is 11.4. The molecule has 1 aliphatic heterocycles. The normalized spacial score (nSPS) is 19.2. The first-order valence-electron chi connectivity index (χ1n) is 6.68. The van der Waals surface area contributed by atoms with Crippen molar-refractivity contribution < 1.29 is 0 Å². The number of fused-ring (bicyclic) bond motifs is 1. The lowest BCUT2D eigenvalue weighted by Gasteiger charge is -2.33. The van der Waals surface area contributed by atoms with E-state index in [0.717, 1.165) is 18.1 Å². The Morgan fingerprint density at radius 2 is 1.84 bits per heavy atom. The van der Waals surface area contributed by atoms with Crippen molar-refractivity contribution in [3.8, 4) is 0 Å². The zero-order chi connectivity index (χ0) is 13.4. The van der Waals surface area contributed by atoms with Crippen molar-refractivity contribution in [2.24, 2.45) is 0 Å². The Balaban J connectivity index is 2.16. The SMILES string of the molecule is Cc1ccc2c(c1Cl)C(c1ccccc1)CN(C)C2. The predicted molar refractivity (Wildman–Crippen MR) is 80.8 cm³/mol. The van der Waals surface area contributed by atoms with Crippen molar-refractivity contribution in [3.63, 3.8) is 0 Å². The summed E-state index contributed by atoms with van der Waals surface area (Å²) in [5, 5.41) is 0.944. The van der Waals surface area contributed by atoms with E-state index in [1.807, 2.05) is 0 Å². The second kappa shape index (κ2) is 4.99. The minimum absolute atomic E-state index is 0.377. The van der Waals surface area contributed by atoms with Crippen LogP contribution in [0.25, 0.3) is 0 Å². The van der Waals surface area contributed by atoms with Crippen LogP contribution in [0.5, 0.6) is 0 Å². The van der Waals surface area contributed by atoms with Crippen molar-refractivity contribution in [3.05, 3.63) is 69.7 Å². The largest absolute Gasteiger partial charge is 0.301 e. The Kier molecular flexibility index (Phi) is 3.34. The predicted octanol–water partition coefficient (Wildman–Crippen LogP) is 4.23. The van der Waals surface area contributed by atoms with Crippen LogP contribution in [0.15, 0.2) is 42.5 Å². The van der Waals surface area contributed by atoms with E-state index in [2.05, 4.69) is 61.3 Å². The highest BCUT2D eigenvalue weighted by atomic mass is 35.5. The van der Waals surface area contributed by atoms with Crippen LogP contribution in [0.4, 0.5) is 0 Å². The molecule has 0 N–H and O–H groups in total. The molecule has 1 nitrogen and oxygen atoms in total. The van der Waals surface area contributed by atoms with Gasteiger partial charge in [-0.2, -0.15) is 0 Å². The van der Waals surface area contributed by atoms with Crippen LogP contribution < -0.4 is 0 Å². The molecule has 19 heavy (non-hydrogen) atoms. The fourth-order valence-corrected chi connectivity index (χ4v) is 3.29. The van der Waals surface area contributed by atoms with Crippen molar-refractivity contribution in [1.29, 1.82) is 0 Å². The topological polar surface area (TPSA) is 3.24 Å². The fourth-order valence-electron chi connectivity index (χ4n) is 2.97. The molecule has 0 bridgehead atoms. The van der Waals surface area contributed by atoms with Crippen LogP contribution in [0.2, 0.25) is 5.02 Å². The zero-order valence-corrected chi connectivity index (χ0v) is 12.1. The number of aryl methyl sites for hydroxylation is 1. The van der Waals surface area contributed by atoms with E-state index in [-0.39, 0.29) is 0 Å². The molecule has 1 atom stereocenters. The van der Waals surface area contributed by atoms with Crippen molar-refractivity contribution >= 4 is 11.6 Å². The van der Waals surface area contributed by atoms with Gasteiger partial charge in [-0.1, -0.05) is 54.1 Å². The summed E-state index contributed by atoms with van der Waals surface area (Å²) in [6.45, 7) is 4.10. The Morgan fingerprint density at radius 3 is 2.58 bits per heavy atom. The molecule has 2 heteroatoms. The minimum Gasteiger partial charge on any atom is -0.301 e. The smallest absolute Gasteiger partial charge is 0.0477 e. The van der Waals surface area contributed by atoms with Gasteiger partial charge < -0.3 is 4.90 Å². The Labute approximate surface area is 119 Å². The van der Waals surface area contributed by atoms with Crippen molar-refractivity contribution in [2.45, 2.75) is 19.4 Å². The molecule has 0 aromatic heterocycles. The van der Waals surface area contributed by atoms with Gasteiger partial charge in [-0.15, -0.1) is 0 Å². The molecule has 1 heterocycles. The molecule has 1 unspecified atom stereocenters. The van der Waals surface area contributed by atoms with E-state index in [1.165, 1.54) is 22.3 Å². The minimum atomic E-state index is 0.377. The first-order valence-corrected chi connectivity index (χ1v) is 7.06. The van der Waals surface area contributed by atoms with Gasteiger partial charge in [-0.3, -0.25) is 0 Å². The average Bonchev–Trinajstić information content (AvgIpc) is 2.43. The molecule has 98 valence electrons. The van der Waals surface area contributed by atoms with Crippen LogP contribution >= 0.6 is 11.6 Å². The van der Waals surface area contributed by atoms with Gasteiger partial charge in [0.25, 0.3) is 0 Å². The molecule has 0 amide bonds. The highest BCUT2D eigenvalue weighted by Crippen LogP contribution is 2.38. The van der Waals surface area contributed by atoms with Crippen molar-refractivity contribution in [1.82, 2.24) is 4.90 Å². The summed E-state index contributed by atoms with van der Waals surface area (Å²) in [6, 6.07) is 15.0. The molecule has 3 rings (SSSR count). The third-order valence-corrected chi connectivity index (χ3v) is 4.45. The summed E-state index contributed by atoms with van der Waals surface area (Å²) < 4.78 is 0. The maximum Gasteiger partial charge on any atom is 0.0477 e. The number of hydrogen-bond donors (Lipinski definition) is 0. The lowest BCUT2D eigenvalue weighted by Crippen LogP contribution is -2.31. The molecular formula is C17H18ClN. The van der Waals surface area contributed by atoms with Gasteiger partial charge >= 0.3 is 0 Å². The summed E-state index contributed by atoms with van der Waals surface area (Å²) in [4.78, 5) is 2.37. The molecule has 0 spiro atoms. The van der Waals surface area contributed by atoms with Gasteiger partial charge in [0.15, 0.2) is 0 Å². The number of halogens is 1. The average molecular weight is 272 g/mol. The number of hydrogen-bond acceptors (Lipinski definition) is 1. The Bertz CT molecular complexity index is 592. The quantitative estimate of drug-likeness (QED) is 0.750. The summed E-state index contributed by atoms with van der Waals surface area (Å²) in [5.41, 5.74) is 5.21. The van der Waals surface area contributed by atoms with E-state index in [1.54, 1.807) is 0 Å². The summed E-state index contributed by atoms with van der Waals surface area (Å²) in [6.07, 6.45) is 0. The number of rotatable bonds is 1. The van der Waals surface area contributed by atoms with E-state index < -0.39 is 0 Å². The molecule has 0 saturated carbocycles. The van der Waals surface area contributed by atoms with Gasteiger partial charge in [-0.05, 0) is 36.2 Å². The first kappa shape index (κ1) is 12.7.